The van der Waals surface area contributed by atoms with Crippen LogP contribution >= 0.6 is 0 Å². The predicted molar refractivity (Wildman–Crippen MR) is 85.3 cm³/mol. The van der Waals surface area contributed by atoms with Gasteiger partial charge < -0.3 is 4.42 Å². The standard InChI is InChI=1S/C17H14N2O3/c1-11(20)19(18)15-8-4-3-7-13(15)14-10-12-6-2-5-9-16(12)22-17(14)21/h2-10H,18H2,1H3. The van der Waals surface area contributed by atoms with Crippen LogP contribution in [0, 0.1) is 0 Å². The van der Waals surface area contributed by atoms with Crippen LogP contribution in [0.15, 0.2) is 63.8 Å². The first-order valence-corrected chi connectivity index (χ1v) is 6.75. The molecule has 2 N–H and O–H groups in total. The van der Waals surface area contributed by atoms with Crippen LogP contribution in [0.1, 0.15) is 6.92 Å². The number of nitrogens with zero attached hydrogens (tertiary/aromatic N) is 1. The summed E-state index contributed by atoms with van der Waals surface area (Å²) < 4.78 is 5.34. The highest BCUT2D eigenvalue weighted by Gasteiger charge is 2.16. The van der Waals surface area contributed by atoms with Crippen LogP contribution in [0.3, 0.4) is 0 Å². The second kappa shape index (κ2) is 5.46. The number of carbonyl (C=O) groups is 1. The number of rotatable bonds is 2. The minimum Gasteiger partial charge on any atom is -0.422 e. The van der Waals surface area contributed by atoms with Gasteiger partial charge in [0.2, 0.25) is 5.91 Å². The molecule has 22 heavy (non-hydrogen) atoms. The molecule has 0 radical (unpaired) electrons. The highest BCUT2D eigenvalue weighted by Crippen LogP contribution is 2.29. The number of para-hydroxylation sites is 2. The molecule has 5 heteroatoms. The Morgan fingerprint density at radius 3 is 2.50 bits per heavy atom. The summed E-state index contributed by atoms with van der Waals surface area (Å²) in [6, 6.07) is 16.0. The molecule has 1 heterocycles. The van der Waals surface area contributed by atoms with E-state index in [1.165, 1.54) is 6.92 Å². The maximum absolute atomic E-state index is 12.3. The fraction of sp³-hybridized carbons (Fsp3) is 0.0588. The minimum atomic E-state index is -0.469. The van der Waals surface area contributed by atoms with E-state index in [1.807, 2.05) is 12.1 Å². The van der Waals surface area contributed by atoms with Crippen molar-refractivity contribution in [1.29, 1.82) is 0 Å². The van der Waals surface area contributed by atoms with E-state index in [0.29, 0.717) is 22.4 Å². The summed E-state index contributed by atoms with van der Waals surface area (Å²) in [4.78, 5) is 23.8. The summed E-state index contributed by atoms with van der Waals surface area (Å²) in [7, 11) is 0. The van der Waals surface area contributed by atoms with Crippen LogP contribution in [0.25, 0.3) is 22.1 Å². The lowest BCUT2D eigenvalue weighted by Gasteiger charge is -2.18. The molecule has 0 bridgehead atoms. The van der Waals surface area contributed by atoms with Gasteiger partial charge in [-0.15, -0.1) is 0 Å². The Bertz CT molecular complexity index is 915. The molecule has 2 aromatic carbocycles. The molecule has 0 unspecified atom stereocenters. The van der Waals surface area contributed by atoms with Gasteiger partial charge in [0.05, 0.1) is 11.3 Å². The maximum Gasteiger partial charge on any atom is 0.344 e. The van der Waals surface area contributed by atoms with Crippen molar-refractivity contribution in [2.24, 2.45) is 5.84 Å². The number of amides is 1. The molecular formula is C17H14N2O3. The number of hydrazine groups is 1. The molecule has 3 aromatic rings. The molecule has 0 aliphatic rings. The molecule has 0 atom stereocenters. The molecule has 0 spiro atoms. The zero-order valence-electron chi connectivity index (χ0n) is 11.9. The van der Waals surface area contributed by atoms with Crippen molar-refractivity contribution >= 4 is 22.6 Å². The van der Waals surface area contributed by atoms with E-state index in [1.54, 1.807) is 42.5 Å². The molecule has 0 saturated heterocycles. The highest BCUT2D eigenvalue weighted by atomic mass is 16.4. The van der Waals surface area contributed by atoms with Crippen LogP contribution < -0.4 is 16.5 Å². The number of anilines is 1. The number of nitrogens with two attached hydrogens (primary N) is 1. The average Bonchev–Trinajstić information content (AvgIpc) is 2.53. The van der Waals surface area contributed by atoms with Crippen LogP contribution in [0.4, 0.5) is 5.69 Å². The van der Waals surface area contributed by atoms with Crippen molar-refractivity contribution in [2.75, 3.05) is 5.01 Å². The van der Waals surface area contributed by atoms with E-state index < -0.39 is 5.63 Å². The van der Waals surface area contributed by atoms with Gasteiger partial charge in [0.15, 0.2) is 0 Å². The molecule has 0 aliphatic heterocycles. The van der Waals surface area contributed by atoms with E-state index in [9.17, 15) is 9.59 Å². The van der Waals surface area contributed by atoms with Crippen LogP contribution in [-0.4, -0.2) is 5.91 Å². The van der Waals surface area contributed by atoms with Crippen molar-refractivity contribution in [2.45, 2.75) is 6.92 Å². The van der Waals surface area contributed by atoms with Gasteiger partial charge in [-0.25, -0.2) is 15.6 Å². The van der Waals surface area contributed by atoms with Crippen LogP contribution in [-0.2, 0) is 4.79 Å². The van der Waals surface area contributed by atoms with E-state index >= 15 is 0 Å². The van der Waals surface area contributed by atoms with E-state index in [4.69, 9.17) is 10.3 Å². The Kier molecular flexibility index (Phi) is 3.48. The molecule has 1 amide bonds. The van der Waals surface area contributed by atoms with Crippen molar-refractivity contribution in [3.8, 4) is 11.1 Å². The smallest absolute Gasteiger partial charge is 0.344 e. The zero-order valence-corrected chi connectivity index (χ0v) is 11.9. The van der Waals surface area contributed by atoms with Crippen molar-refractivity contribution in [1.82, 2.24) is 0 Å². The summed E-state index contributed by atoms with van der Waals surface area (Å²) in [6.07, 6.45) is 0. The normalized spacial score (nSPS) is 10.6. The fourth-order valence-corrected chi connectivity index (χ4v) is 2.33. The van der Waals surface area contributed by atoms with Crippen molar-refractivity contribution in [3.63, 3.8) is 0 Å². The molecule has 0 fully saturated rings. The molecular weight excluding hydrogens is 280 g/mol. The molecule has 1 aromatic heterocycles. The summed E-state index contributed by atoms with van der Waals surface area (Å²) in [5.41, 5.74) is 1.43. The third kappa shape index (κ3) is 2.38. The maximum atomic E-state index is 12.3. The third-order valence-corrected chi connectivity index (χ3v) is 3.43. The Labute approximate surface area is 126 Å². The molecule has 0 aliphatic carbocycles. The molecule has 0 saturated carbocycles. The number of fused-ring (bicyclic) bond motifs is 1. The predicted octanol–water partition coefficient (Wildman–Crippen LogP) is 2.69. The van der Waals surface area contributed by atoms with Crippen LogP contribution in [0.2, 0.25) is 0 Å². The third-order valence-electron chi connectivity index (χ3n) is 3.43. The van der Waals surface area contributed by atoms with E-state index in [2.05, 4.69) is 0 Å². The number of benzene rings is 2. The molecule has 5 nitrogen and oxygen atoms in total. The average molecular weight is 294 g/mol. The Hall–Kier alpha value is -2.92. The molecule has 110 valence electrons. The van der Waals surface area contributed by atoms with Gasteiger partial charge in [0, 0.05) is 17.9 Å². The monoisotopic (exact) mass is 294 g/mol. The summed E-state index contributed by atoms with van der Waals surface area (Å²) >= 11 is 0. The quantitative estimate of drug-likeness (QED) is 0.341. The first-order chi connectivity index (χ1) is 10.6. The number of hydrogen-bond acceptors (Lipinski definition) is 4. The lowest BCUT2D eigenvalue weighted by Crippen LogP contribution is -2.35. The van der Waals surface area contributed by atoms with Gasteiger partial charge in [0.25, 0.3) is 0 Å². The summed E-state index contributed by atoms with van der Waals surface area (Å²) in [5, 5.41) is 1.82. The number of carbonyl (C=O) groups excluding carboxylic acids is 1. The topological polar surface area (TPSA) is 76.5 Å². The van der Waals surface area contributed by atoms with Crippen LogP contribution in [0.5, 0.6) is 0 Å². The SMILES string of the molecule is CC(=O)N(N)c1ccccc1-c1cc2ccccc2oc1=O. The largest absolute Gasteiger partial charge is 0.422 e. The zero-order chi connectivity index (χ0) is 15.7. The van der Waals surface area contributed by atoms with Gasteiger partial charge in [-0.2, -0.15) is 0 Å². The Morgan fingerprint density at radius 1 is 1.05 bits per heavy atom. The highest BCUT2D eigenvalue weighted by molar-refractivity contribution is 5.96. The summed E-state index contributed by atoms with van der Waals surface area (Å²) in [6.45, 7) is 1.36. The van der Waals surface area contributed by atoms with E-state index in [0.717, 1.165) is 10.4 Å². The number of hydrogen-bond donors (Lipinski definition) is 1. The van der Waals surface area contributed by atoms with Gasteiger partial charge in [-0.3, -0.25) is 4.79 Å². The Balaban J connectivity index is 2.26. The summed E-state index contributed by atoms with van der Waals surface area (Å²) in [5.74, 6) is 5.47. The molecule has 3 rings (SSSR count). The minimum absolute atomic E-state index is 0.322. The van der Waals surface area contributed by atoms with Gasteiger partial charge in [-0.1, -0.05) is 36.4 Å². The van der Waals surface area contributed by atoms with Crippen molar-refractivity contribution in [3.05, 3.63) is 65.0 Å². The fourth-order valence-electron chi connectivity index (χ4n) is 2.33. The second-order valence-electron chi connectivity index (χ2n) is 4.89. The first-order valence-electron chi connectivity index (χ1n) is 6.75. The second-order valence-corrected chi connectivity index (χ2v) is 4.89. The van der Waals surface area contributed by atoms with Gasteiger partial charge in [-0.05, 0) is 18.2 Å². The Morgan fingerprint density at radius 2 is 1.73 bits per heavy atom. The lowest BCUT2D eigenvalue weighted by atomic mass is 10.0. The van der Waals surface area contributed by atoms with Gasteiger partial charge in [0.1, 0.15) is 5.58 Å². The lowest BCUT2D eigenvalue weighted by molar-refractivity contribution is -0.116. The first kappa shape index (κ1) is 14.0. The van der Waals surface area contributed by atoms with E-state index in [-0.39, 0.29) is 5.91 Å². The van der Waals surface area contributed by atoms with Crippen molar-refractivity contribution < 1.29 is 9.21 Å². The van der Waals surface area contributed by atoms with Gasteiger partial charge >= 0.3 is 5.63 Å².